The average molecular weight is 1680 g/mol. The summed E-state index contributed by atoms with van der Waals surface area (Å²) in [5.74, 6) is -0.474. The predicted octanol–water partition coefficient (Wildman–Crippen LogP) is 14.6. The first-order valence-electron chi connectivity index (χ1n) is 29.9. The number of aryl methyl sites for hydroxylation is 4. The average Bonchev–Trinajstić information content (AvgIpc) is 1.60. The van der Waals surface area contributed by atoms with Crippen molar-refractivity contribution in [3.8, 4) is 17.3 Å². The summed E-state index contributed by atoms with van der Waals surface area (Å²) in [6, 6.07) is 15.1. The van der Waals surface area contributed by atoms with Crippen molar-refractivity contribution in [2.24, 2.45) is 21.1 Å². The first-order chi connectivity index (χ1) is 48.0. The van der Waals surface area contributed by atoms with Gasteiger partial charge in [0.2, 0.25) is 0 Å². The van der Waals surface area contributed by atoms with Crippen LogP contribution in [-0.2, 0) is 45.5 Å². The Morgan fingerprint density at radius 1 is 0.641 bits per heavy atom. The van der Waals surface area contributed by atoms with Crippen molar-refractivity contribution in [3.63, 3.8) is 0 Å². The van der Waals surface area contributed by atoms with Gasteiger partial charge in [-0.15, -0.1) is 4.98 Å². The third kappa shape index (κ3) is 22.6. The quantitative estimate of drug-likeness (QED) is 0.0209. The molecule has 0 fully saturated rings. The van der Waals surface area contributed by atoms with Crippen molar-refractivity contribution in [1.29, 1.82) is 5.26 Å². The molecule has 0 atom stereocenters. The molecule has 11 heterocycles. The summed E-state index contributed by atoms with van der Waals surface area (Å²) >= 11 is 12.5. The van der Waals surface area contributed by atoms with Crippen LogP contribution in [0.25, 0.3) is 38.2 Å². The van der Waals surface area contributed by atoms with Gasteiger partial charge in [-0.3, -0.25) is 28.8 Å². The Labute approximate surface area is 621 Å². The minimum absolute atomic E-state index is 0. The minimum Gasteiger partial charge on any atom is -0.461 e. The summed E-state index contributed by atoms with van der Waals surface area (Å²) in [5, 5.41) is 42.4. The number of rotatable bonds is 15. The number of anilines is 1. The molecule has 0 saturated carbocycles. The van der Waals surface area contributed by atoms with Gasteiger partial charge in [0.25, 0.3) is 5.82 Å². The molecule has 0 aliphatic rings. The Kier molecular flexibility index (Phi) is 33.0. The number of halogens is 4. The van der Waals surface area contributed by atoms with Gasteiger partial charge < -0.3 is 78.9 Å². The number of hydrogen-bond acceptors (Lipinski definition) is 20. The van der Waals surface area contributed by atoms with Crippen molar-refractivity contribution < 1.29 is 53.1 Å². The molecule has 0 unspecified atom stereocenters. The fraction of sp³-hybridized carbons (Fsp3) is 0.277. The third-order valence-electron chi connectivity index (χ3n) is 13.8. The van der Waals surface area contributed by atoms with Gasteiger partial charge in [-0.25, -0.2) is 33.9 Å². The summed E-state index contributed by atoms with van der Waals surface area (Å²) < 4.78 is 16.9. The van der Waals surface area contributed by atoms with Crippen LogP contribution in [-0.4, -0.2) is 129 Å². The summed E-state index contributed by atoms with van der Waals surface area (Å²) in [5.41, 5.74) is 12.2. The van der Waals surface area contributed by atoms with Crippen molar-refractivity contribution in [2.45, 2.75) is 96.3 Å². The summed E-state index contributed by atoms with van der Waals surface area (Å²) in [6.45, 7) is 24.2. The predicted molar refractivity (Wildman–Crippen MR) is 397 cm³/mol. The van der Waals surface area contributed by atoms with E-state index < -0.39 is 14.8 Å². The molecule has 103 heavy (non-hydrogen) atoms. The number of carbonyl (C=O) groups is 7. The zero-order valence-corrected chi connectivity index (χ0v) is 63.3. The molecule has 11 rings (SSSR count). The molecule has 38 heteroatoms. The zero-order chi connectivity index (χ0) is 76.7. The maximum absolute atomic E-state index is 11.7. The van der Waals surface area contributed by atoms with E-state index >= 15 is 0 Å². The van der Waals surface area contributed by atoms with Gasteiger partial charge in [0.1, 0.15) is 31.9 Å². The fourth-order valence-corrected chi connectivity index (χ4v) is 11.0. The topological polar surface area (TPSA) is 457 Å². The maximum Gasteiger partial charge on any atom is 0.354 e. The number of fused-ring (bicyclic) bond motifs is 3. The highest BCUT2D eigenvalue weighted by Gasteiger charge is 2.31. The Morgan fingerprint density at radius 3 is 1.55 bits per heavy atom. The molecule has 544 valence electrons. The van der Waals surface area contributed by atoms with Crippen LogP contribution >= 0.6 is 63.7 Å². The van der Waals surface area contributed by atoms with Gasteiger partial charge in [-0.05, 0) is 137 Å². The fourth-order valence-electron chi connectivity index (χ4n) is 9.21. The third-order valence-corrected chi connectivity index (χ3v) is 15.9. The summed E-state index contributed by atoms with van der Waals surface area (Å²) in [7, 11) is 5.39. The van der Waals surface area contributed by atoms with E-state index in [-0.39, 0.29) is 99.2 Å². The van der Waals surface area contributed by atoms with E-state index in [1.807, 2.05) is 42.3 Å². The number of Topliss-reactive ketones (excluding diaryl/α,β-unsaturated/α-hetero) is 6. The zero-order valence-electron chi connectivity index (χ0n) is 57.0. The molecule has 0 radical (unpaired) electrons. The molecule has 11 aromatic heterocycles. The second-order valence-electron chi connectivity index (χ2n) is 20.9. The van der Waals surface area contributed by atoms with E-state index in [1.165, 1.54) is 72.8 Å². The standard InChI is InChI=1S/C13H13N5O3.C13H15N5O.C8H9BrN2O3.C7H8BrNO2.C6H5BrN2O3.C6H6BrNO.C6H7NO.C5H5N3.CH4/c1-4-17-11(8(2)19)5-9(13(17)18(20)21)12-10(6-14)15-7-16(12)3;1-4-18-9(7(2)19)5-8-11-10(15-6-17(11)3)12(14)16-13(8)18;1-3-10-7(5(2)12)4-6(9)8(10)11(13)14;1-2-11-7(10)6-3-5(8)4-9-6;1-3(10)5-2-4(7)6(8-5)9(11)12;1-4(9)6-2-5(7)3-8-6;1-5(8)6-3-2-4-7-6;1-6-5-3-8(2)4-7-5;/h5,7H,4H2,1-3H3;5-6H,4H2,1-3H3,(H2,14,16);4H,3H2,1-2H3;3-4,9H,2H2,1H3;2,8H,1H3;2-3,8H,1H3;2-4,7H,1H3;3-4H,2H3;1H4. The summed E-state index contributed by atoms with van der Waals surface area (Å²) in [6.07, 6.45) is 11.5. The highest BCUT2D eigenvalue weighted by molar-refractivity contribution is 9.11. The van der Waals surface area contributed by atoms with Crippen LogP contribution in [0.4, 0.5) is 29.1 Å². The molecule has 0 bridgehead atoms. The second-order valence-corrected chi connectivity index (χ2v) is 24.5. The van der Waals surface area contributed by atoms with E-state index in [0.717, 1.165) is 25.5 Å². The van der Waals surface area contributed by atoms with Gasteiger partial charge in [0.05, 0.1) is 66.2 Å². The Bertz CT molecular complexity index is 4980. The molecule has 0 aliphatic carbocycles. The monoisotopic (exact) mass is 1670 g/mol. The number of ether oxygens (including phenoxy) is 1. The highest BCUT2D eigenvalue weighted by atomic mass is 79.9. The van der Waals surface area contributed by atoms with E-state index in [9.17, 15) is 63.9 Å². The van der Waals surface area contributed by atoms with Gasteiger partial charge in [0.15, 0.2) is 69.6 Å². The number of nitrogens with zero attached hydrogens (tertiary/aromatic N) is 15. The van der Waals surface area contributed by atoms with Crippen molar-refractivity contribution in [3.05, 3.63) is 198 Å². The maximum atomic E-state index is 11.7. The number of hydrogen-bond donors (Lipinski definition) is 5. The Balaban J connectivity index is 0.000000313. The molecule has 0 spiro atoms. The number of imidazole rings is 3. The summed E-state index contributed by atoms with van der Waals surface area (Å²) in [4.78, 5) is 138. The van der Waals surface area contributed by atoms with Crippen molar-refractivity contribution in [1.82, 2.24) is 67.3 Å². The number of nitro groups is 3. The lowest BCUT2D eigenvalue weighted by atomic mass is 10.1. The number of ketones is 6. The molecular weight excluding hydrogens is 1600 g/mol. The van der Waals surface area contributed by atoms with E-state index in [0.29, 0.717) is 75.5 Å². The molecular formula is C65H72Br4N20O14. The van der Waals surface area contributed by atoms with Gasteiger partial charge in [-0.2, -0.15) is 5.26 Å². The Hall–Kier alpha value is -11.4. The molecule has 0 aliphatic heterocycles. The lowest BCUT2D eigenvalue weighted by Gasteiger charge is -2.05. The second kappa shape index (κ2) is 39.6. The number of nitrogens with two attached hydrogens (primary N) is 1. The molecule has 34 nitrogen and oxygen atoms in total. The van der Waals surface area contributed by atoms with Crippen LogP contribution < -0.4 is 5.73 Å². The van der Waals surface area contributed by atoms with Gasteiger partial charge in [-0.1, -0.05) is 14.0 Å². The largest absolute Gasteiger partial charge is 0.461 e. The van der Waals surface area contributed by atoms with Crippen LogP contribution in [0, 0.1) is 48.2 Å². The molecule has 6 N–H and O–H groups in total. The van der Waals surface area contributed by atoms with Crippen LogP contribution in [0.2, 0.25) is 0 Å². The SMILES string of the molecule is C.CC(=O)c1cc(Br)c([N+](=O)[O-])[nH]1.CC(=O)c1cc(Br)c[nH]1.CC(=O)c1ccc[nH]1.CCOC(=O)c1cc(Br)c[nH]1.CCn1c(C(C)=O)cc(-c2c(C#N)ncn2C)c1[N+](=O)[O-].CCn1c(C(C)=O)cc(Br)c1[N+](=O)[O-].CCn1c(C(C)=O)cc2c3c(ncn3C)c(N)nc21.[C-]#[N+]c1cn(C)cn1. The smallest absolute Gasteiger partial charge is 0.354 e. The highest BCUT2D eigenvalue weighted by Crippen LogP contribution is 2.36. The van der Waals surface area contributed by atoms with E-state index in [1.54, 1.807) is 101 Å². The van der Waals surface area contributed by atoms with E-state index in [2.05, 4.69) is 108 Å². The Morgan fingerprint density at radius 2 is 1.17 bits per heavy atom. The van der Waals surface area contributed by atoms with Gasteiger partial charge in [0, 0.05) is 127 Å². The van der Waals surface area contributed by atoms with Crippen LogP contribution in [0.15, 0.2) is 110 Å². The number of esters is 1. The normalized spacial score (nSPS) is 10.0. The van der Waals surface area contributed by atoms with Crippen LogP contribution in [0.1, 0.15) is 156 Å². The number of nitriles is 1. The molecule has 0 amide bonds. The number of nitrogens with one attached hydrogen (secondary N) is 4. The lowest BCUT2D eigenvalue weighted by Crippen LogP contribution is -2.08. The number of pyridine rings is 1. The number of aromatic nitrogens is 14. The van der Waals surface area contributed by atoms with Crippen molar-refractivity contribution >= 4 is 156 Å². The number of nitrogen functional groups attached to an aromatic ring is 1. The molecule has 0 aromatic carbocycles. The first kappa shape index (κ1) is 85.9. The van der Waals surface area contributed by atoms with Crippen molar-refractivity contribution in [2.75, 3.05) is 12.3 Å². The molecule has 0 saturated heterocycles. The number of H-pyrrole nitrogens is 4. The molecule has 11 aromatic rings. The van der Waals surface area contributed by atoms with Crippen LogP contribution in [0.5, 0.6) is 0 Å². The number of carbonyl (C=O) groups excluding carboxylic acids is 7. The van der Waals surface area contributed by atoms with E-state index in [4.69, 9.17) is 22.3 Å². The van der Waals surface area contributed by atoms with Crippen LogP contribution in [0.3, 0.4) is 0 Å². The number of aromatic amines is 4. The van der Waals surface area contributed by atoms with Gasteiger partial charge >= 0.3 is 23.4 Å². The lowest BCUT2D eigenvalue weighted by molar-refractivity contribution is -0.392. The minimum atomic E-state index is -0.587. The first-order valence-corrected chi connectivity index (χ1v) is 33.1.